The minimum absolute atomic E-state index is 0.00791. The van der Waals surface area contributed by atoms with E-state index in [2.05, 4.69) is 24.5 Å². The Balaban J connectivity index is 1.08. The molecular weight excluding hydrogens is 671 g/mol. The number of ether oxygens (including phenoxy) is 2. The van der Waals surface area contributed by atoms with Gasteiger partial charge in [0.15, 0.2) is 13.2 Å². The Morgan fingerprint density at radius 2 is 1.04 bits per heavy atom. The first kappa shape index (κ1) is 33.1. The molecule has 4 atom stereocenters. The van der Waals surface area contributed by atoms with Gasteiger partial charge in [-0.25, -0.2) is 0 Å². The number of carbonyl (C=O) groups is 2. The van der Waals surface area contributed by atoms with Gasteiger partial charge in [-0.05, 0) is 74.9 Å². The molecule has 10 heteroatoms. The van der Waals surface area contributed by atoms with Crippen molar-refractivity contribution in [2.24, 2.45) is 0 Å². The first-order valence-electron chi connectivity index (χ1n) is 17.5. The number of hydrogen-bond acceptors (Lipinski definition) is 6. The molecule has 258 valence electrons. The fourth-order valence-corrected chi connectivity index (χ4v) is 8.51. The second-order valence-corrected chi connectivity index (χ2v) is 14.7. The molecule has 4 aliphatic heterocycles. The van der Waals surface area contributed by atoms with Gasteiger partial charge in [0.2, 0.25) is 0 Å². The number of anilines is 2. The van der Waals surface area contributed by atoms with Gasteiger partial charge in [0, 0.05) is 59.5 Å². The molecule has 0 bridgehead atoms. The van der Waals surface area contributed by atoms with Gasteiger partial charge in [-0.2, -0.15) is 0 Å². The van der Waals surface area contributed by atoms with Gasteiger partial charge in [-0.1, -0.05) is 71.7 Å². The summed E-state index contributed by atoms with van der Waals surface area (Å²) in [6, 6.07) is 25.1. The zero-order valence-electron chi connectivity index (χ0n) is 28.2. The maximum atomic E-state index is 12.9. The molecule has 2 amide bonds. The van der Waals surface area contributed by atoms with Crippen LogP contribution in [0.1, 0.15) is 39.5 Å². The number of fused-ring (bicyclic) bond motifs is 2. The number of benzene rings is 4. The quantitative estimate of drug-likeness (QED) is 0.204. The molecular formula is C40H40Cl2N4O4. The average Bonchev–Trinajstić information content (AvgIpc) is 3.73. The molecule has 4 aromatic rings. The molecule has 0 saturated carbocycles. The average molecular weight is 712 g/mol. The van der Waals surface area contributed by atoms with Crippen molar-refractivity contribution < 1.29 is 19.1 Å². The minimum Gasteiger partial charge on any atom is -0.482 e. The van der Waals surface area contributed by atoms with Gasteiger partial charge >= 0.3 is 0 Å². The van der Waals surface area contributed by atoms with E-state index in [1.54, 1.807) is 0 Å². The van der Waals surface area contributed by atoms with Crippen molar-refractivity contribution in [1.82, 2.24) is 10.6 Å². The van der Waals surface area contributed by atoms with Crippen LogP contribution in [0.5, 0.6) is 11.5 Å². The van der Waals surface area contributed by atoms with Crippen molar-refractivity contribution in [3.8, 4) is 44.9 Å². The van der Waals surface area contributed by atoms with Crippen molar-refractivity contribution in [1.29, 1.82) is 0 Å². The molecule has 2 fully saturated rings. The molecule has 4 aromatic carbocycles. The summed E-state index contributed by atoms with van der Waals surface area (Å²) in [5.74, 6) is 1.26. The Kier molecular flexibility index (Phi) is 8.98. The van der Waals surface area contributed by atoms with Crippen LogP contribution in [0.15, 0.2) is 72.8 Å². The molecule has 0 spiro atoms. The van der Waals surface area contributed by atoms with Gasteiger partial charge < -0.3 is 29.9 Å². The van der Waals surface area contributed by atoms with Gasteiger partial charge in [-0.3, -0.25) is 9.59 Å². The van der Waals surface area contributed by atoms with E-state index in [-0.39, 0.29) is 37.1 Å². The highest BCUT2D eigenvalue weighted by Gasteiger charge is 2.32. The fourth-order valence-electron chi connectivity index (χ4n) is 7.84. The number of rotatable bonds is 7. The molecule has 0 aromatic heterocycles. The van der Waals surface area contributed by atoms with Crippen LogP contribution in [0.2, 0.25) is 10.0 Å². The van der Waals surface area contributed by atoms with E-state index in [0.29, 0.717) is 46.7 Å². The van der Waals surface area contributed by atoms with Crippen LogP contribution < -0.4 is 29.9 Å². The van der Waals surface area contributed by atoms with E-state index in [9.17, 15) is 9.59 Å². The van der Waals surface area contributed by atoms with E-state index < -0.39 is 0 Å². The summed E-state index contributed by atoms with van der Waals surface area (Å²) in [5.41, 5.74) is 6.61. The summed E-state index contributed by atoms with van der Waals surface area (Å²) in [4.78, 5) is 29.5. The number of hydrogen-bond donors (Lipinski definition) is 2. The van der Waals surface area contributed by atoms with E-state index >= 15 is 0 Å². The highest BCUT2D eigenvalue weighted by molar-refractivity contribution is 6.39. The van der Waals surface area contributed by atoms with Crippen molar-refractivity contribution in [2.75, 3.05) is 36.1 Å². The predicted molar refractivity (Wildman–Crippen MR) is 200 cm³/mol. The largest absolute Gasteiger partial charge is 0.482 e. The molecule has 0 unspecified atom stereocenters. The second kappa shape index (κ2) is 13.6. The van der Waals surface area contributed by atoms with Crippen LogP contribution in [0.3, 0.4) is 0 Å². The molecule has 50 heavy (non-hydrogen) atoms. The topological polar surface area (TPSA) is 83.1 Å². The van der Waals surface area contributed by atoms with E-state index in [1.165, 1.54) is 0 Å². The summed E-state index contributed by atoms with van der Waals surface area (Å²) in [6.07, 6.45) is 4.31. The Hall–Kier alpha value is -4.08. The van der Waals surface area contributed by atoms with Gasteiger partial charge in [0.05, 0.1) is 21.4 Å². The van der Waals surface area contributed by atoms with Crippen molar-refractivity contribution >= 4 is 46.4 Å². The normalized spacial score (nSPS) is 23.0. The van der Waals surface area contributed by atoms with E-state index in [0.717, 1.165) is 70.4 Å². The van der Waals surface area contributed by atoms with Crippen molar-refractivity contribution in [3.05, 3.63) is 82.8 Å². The Morgan fingerprint density at radius 1 is 0.620 bits per heavy atom. The Bertz CT molecular complexity index is 1840. The van der Waals surface area contributed by atoms with Crippen molar-refractivity contribution in [3.63, 3.8) is 0 Å². The molecule has 4 heterocycles. The summed E-state index contributed by atoms with van der Waals surface area (Å²) in [7, 11) is 0. The molecule has 8 nitrogen and oxygen atoms in total. The Labute approximate surface area is 302 Å². The standard InChI is InChI=1S/C40H40Cl2N4O4/c1-23-9-13-27(43-23)19-45-33-15-11-25(17-35(33)49-21-37(45)47)29-5-3-7-31(39(29)41)32-8-4-6-30(40(32)42)26-12-16-34-36(18-26)50-22-38(48)46(34)20-28-14-10-24(2)44-28/h3-8,11-12,15-18,23-24,27-28,43-44H,9-10,13-14,19-22H2,1-2H3/t23-,24-,27-,28-/m0/s1. The zero-order chi connectivity index (χ0) is 34.5. The lowest BCUT2D eigenvalue weighted by molar-refractivity contribution is -0.122. The predicted octanol–water partition coefficient (Wildman–Crippen LogP) is 7.73. The maximum Gasteiger partial charge on any atom is 0.265 e. The SMILES string of the molecule is C[C@H]1CC[C@@H](CN2C(=O)COc3cc(-c4cccc(-c5cccc(-c6ccc7c(c6)OCC(=O)N7C[C@@H]6CC[C@H](C)N6)c5Cl)c4Cl)ccc32)N1. The summed E-state index contributed by atoms with van der Waals surface area (Å²) in [5, 5.41) is 8.30. The van der Waals surface area contributed by atoms with Crippen molar-refractivity contribution in [2.45, 2.75) is 63.7 Å². The Morgan fingerprint density at radius 3 is 1.44 bits per heavy atom. The maximum absolute atomic E-state index is 12.9. The zero-order valence-corrected chi connectivity index (χ0v) is 29.7. The first-order valence-corrected chi connectivity index (χ1v) is 18.2. The molecule has 2 saturated heterocycles. The first-order chi connectivity index (χ1) is 24.2. The third-order valence-corrected chi connectivity index (χ3v) is 11.3. The van der Waals surface area contributed by atoms with Crippen LogP contribution in [0.25, 0.3) is 33.4 Å². The van der Waals surface area contributed by atoms with Crippen LogP contribution in [-0.2, 0) is 9.59 Å². The summed E-state index contributed by atoms with van der Waals surface area (Å²) >= 11 is 14.4. The van der Waals surface area contributed by atoms with Gasteiger partial charge in [0.1, 0.15) is 11.5 Å². The lowest BCUT2D eigenvalue weighted by atomic mass is 9.95. The number of halogens is 2. The van der Waals surface area contributed by atoms with Gasteiger partial charge in [-0.15, -0.1) is 0 Å². The fraction of sp³-hybridized carbons (Fsp3) is 0.350. The third kappa shape index (κ3) is 6.23. The molecule has 2 N–H and O–H groups in total. The van der Waals surface area contributed by atoms with Crippen LogP contribution in [0, 0.1) is 0 Å². The summed E-state index contributed by atoms with van der Waals surface area (Å²) in [6.45, 7) is 5.61. The van der Waals surface area contributed by atoms with Crippen LogP contribution >= 0.6 is 23.2 Å². The van der Waals surface area contributed by atoms with Gasteiger partial charge in [0.25, 0.3) is 11.8 Å². The second-order valence-electron chi connectivity index (χ2n) is 14.0. The lowest BCUT2D eigenvalue weighted by Crippen LogP contribution is -2.46. The highest BCUT2D eigenvalue weighted by Crippen LogP contribution is 2.45. The van der Waals surface area contributed by atoms with Crippen LogP contribution in [-0.4, -0.2) is 62.3 Å². The minimum atomic E-state index is -0.0338. The number of amides is 2. The third-order valence-electron chi connectivity index (χ3n) is 10.5. The highest BCUT2D eigenvalue weighted by atomic mass is 35.5. The molecule has 8 rings (SSSR count). The lowest BCUT2D eigenvalue weighted by Gasteiger charge is -2.32. The number of nitrogens with zero attached hydrogens (tertiary/aromatic N) is 2. The molecule has 0 aliphatic carbocycles. The molecule has 4 aliphatic rings. The number of carbonyl (C=O) groups excluding carboxylic acids is 2. The number of nitrogens with one attached hydrogen (secondary N) is 2. The van der Waals surface area contributed by atoms with E-state index in [4.69, 9.17) is 32.7 Å². The van der Waals surface area contributed by atoms with Crippen LogP contribution in [0.4, 0.5) is 11.4 Å². The monoisotopic (exact) mass is 710 g/mol. The summed E-state index contributed by atoms with van der Waals surface area (Å²) < 4.78 is 11.9. The van der Waals surface area contributed by atoms with E-state index in [1.807, 2.05) is 82.6 Å². The molecule has 0 radical (unpaired) electrons. The smallest absolute Gasteiger partial charge is 0.265 e.